The van der Waals surface area contributed by atoms with E-state index in [0.717, 1.165) is 22.9 Å². The van der Waals surface area contributed by atoms with Crippen LogP contribution in [0.25, 0.3) is 11.5 Å². The summed E-state index contributed by atoms with van der Waals surface area (Å²) < 4.78 is 5.43. The number of nitrogens with zero attached hydrogens (tertiary/aromatic N) is 2. The largest absolute Gasteiger partial charge is 0.398 e. The van der Waals surface area contributed by atoms with Gasteiger partial charge in [0.25, 0.3) is 5.89 Å². The average Bonchev–Trinajstić information content (AvgIpc) is 3.09. The highest BCUT2D eigenvalue weighted by Gasteiger charge is 2.28. The molecular weight excluding hydrogens is 250 g/mol. The number of anilines is 1. The van der Waals surface area contributed by atoms with Crippen molar-refractivity contribution >= 4 is 5.69 Å². The lowest BCUT2D eigenvalue weighted by Gasteiger charge is -2.04. The van der Waals surface area contributed by atoms with Crippen LogP contribution in [0.15, 0.2) is 22.7 Å². The maximum atomic E-state index is 6.00. The molecule has 2 unspecified atom stereocenters. The summed E-state index contributed by atoms with van der Waals surface area (Å²) in [5, 5.41) is 4.17. The summed E-state index contributed by atoms with van der Waals surface area (Å²) in [4.78, 5) is 4.58. The third kappa shape index (κ3) is 2.42. The van der Waals surface area contributed by atoms with Gasteiger partial charge in [0.1, 0.15) is 0 Å². The molecule has 1 aromatic heterocycles. The topological polar surface area (TPSA) is 64.9 Å². The van der Waals surface area contributed by atoms with E-state index in [1.54, 1.807) is 0 Å². The van der Waals surface area contributed by atoms with E-state index in [4.69, 9.17) is 10.3 Å². The lowest BCUT2D eigenvalue weighted by atomic mass is 10.0. The van der Waals surface area contributed by atoms with Crippen LogP contribution >= 0.6 is 0 Å². The van der Waals surface area contributed by atoms with Crippen LogP contribution in [0.5, 0.6) is 0 Å². The summed E-state index contributed by atoms with van der Waals surface area (Å²) in [6.45, 7) is 4.28. The van der Waals surface area contributed by atoms with Crippen molar-refractivity contribution in [3.63, 3.8) is 0 Å². The van der Waals surface area contributed by atoms with Crippen molar-refractivity contribution in [2.45, 2.75) is 45.4 Å². The van der Waals surface area contributed by atoms with Gasteiger partial charge in [-0.05, 0) is 44.2 Å². The third-order valence-electron chi connectivity index (χ3n) is 4.36. The van der Waals surface area contributed by atoms with Crippen molar-refractivity contribution < 1.29 is 4.52 Å². The number of hydrogen-bond donors (Lipinski definition) is 1. The molecule has 2 N–H and O–H groups in total. The van der Waals surface area contributed by atoms with Crippen molar-refractivity contribution in [1.82, 2.24) is 10.1 Å². The van der Waals surface area contributed by atoms with Crippen LogP contribution in [0.1, 0.15) is 49.9 Å². The molecule has 0 saturated heterocycles. The van der Waals surface area contributed by atoms with Crippen LogP contribution in [0, 0.1) is 12.8 Å². The summed E-state index contributed by atoms with van der Waals surface area (Å²) in [5.41, 5.74) is 8.67. The van der Waals surface area contributed by atoms with Gasteiger partial charge < -0.3 is 10.3 Å². The quantitative estimate of drug-likeness (QED) is 0.859. The zero-order valence-corrected chi connectivity index (χ0v) is 12.1. The molecule has 0 amide bonds. The van der Waals surface area contributed by atoms with Crippen molar-refractivity contribution in [3.05, 3.63) is 29.6 Å². The Balaban J connectivity index is 1.85. The van der Waals surface area contributed by atoms with E-state index in [-0.39, 0.29) is 0 Å². The summed E-state index contributed by atoms with van der Waals surface area (Å²) in [7, 11) is 0. The molecule has 2 atom stereocenters. The predicted octanol–water partition coefficient (Wildman–Crippen LogP) is 3.92. The van der Waals surface area contributed by atoms with Gasteiger partial charge in [0.15, 0.2) is 5.82 Å². The van der Waals surface area contributed by atoms with E-state index in [0.29, 0.717) is 17.5 Å². The molecule has 3 rings (SSSR count). The zero-order chi connectivity index (χ0) is 14.1. The minimum Gasteiger partial charge on any atom is -0.398 e. The van der Waals surface area contributed by atoms with E-state index in [1.165, 1.54) is 25.7 Å². The Kier molecular flexibility index (Phi) is 3.47. The SMILES string of the molecule is CCC1CCC(c2noc(-c3cc(C)ccc3N)n2)C1. The van der Waals surface area contributed by atoms with Crippen molar-refractivity contribution in [2.24, 2.45) is 5.92 Å². The third-order valence-corrected chi connectivity index (χ3v) is 4.36. The van der Waals surface area contributed by atoms with Crippen LogP contribution in [-0.4, -0.2) is 10.1 Å². The fourth-order valence-electron chi connectivity index (χ4n) is 3.05. The molecular formula is C16H21N3O. The summed E-state index contributed by atoms with van der Waals surface area (Å²) in [5.74, 6) is 2.65. The first-order valence-electron chi connectivity index (χ1n) is 7.37. The Labute approximate surface area is 119 Å². The molecule has 1 aliphatic carbocycles. The molecule has 106 valence electrons. The molecule has 0 aliphatic heterocycles. The van der Waals surface area contributed by atoms with Crippen LogP contribution in [0.4, 0.5) is 5.69 Å². The molecule has 0 radical (unpaired) electrons. The number of benzene rings is 1. The van der Waals surface area contributed by atoms with Gasteiger partial charge in [-0.25, -0.2) is 0 Å². The molecule has 20 heavy (non-hydrogen) atoms. The van der Waals surface area contributed by atoms with Gasteiger partial charge in [-0.1, -0.05) is 30.1 Å². The van der Waals surface area contributed by atoms with Gasteiger partial charge in [-0.3, -0.25) is 0 Å². The summed E-state index contributed by atoms with van der Waals surface area (Å²) >= 11 is 0. The molecule has 4 heteroatoms. The zero-order valence-electron chi connectivity index (χ0n) is 12.1. The van der Waals surface area contributed by atoms with Crippen LogP contribution in [0.2, 0.25) is 0 Å². The second kappa shape index (κ2) is 5.27. The summed E-state index contributed by atoms with van der Waals surface area (Å²) in [6.07, 6.45) is 4.86. The van der Waals surface area contributed by atoms with Crippen LogP contribution in [-0.2, 0) is 0 Å². The van der Waals surface area contributed by atoms with E-state index in [9.17, 15) is 0 Å². The maximum absolute atomic E-state index is 6.00. The number of aromatic nitrogens is 2. The molecule has 0 bridgehead atoms. The second-order valence-electron chi connectivity index (χ2n) is 5.83. The van der Waals surface area contributed by atoms with Crippen molar-refractivity contribution in [2.75, 3.05) is 5.73 Å². The van der Waals surface area contributed by atoms with E-state index >= 15 is 0 Å². The molecule has 1 aliphatic rings. The highest BCUT2D eigenvalue weighted by molar-refractivity contribution is 5.71. The Morgan fingerprint density at radius 1 is 1.35 bits per heavy atom. The van der Waals surface area contributed by atoms with Gasteiger partial charge >= 0.3 is 0 Å². The molecule has 1 fully saturated rings. The molecule has 2 aromatic rings. The first kappa shape index (κ1) is 13.2. The highest BCUT2D eigenvalue weighted by atomic mass is 16.5. The fourth-order valence-corrected chi connectivity index (χ4v) is 3.05. The number of rotatable bonds is 3. The molecule has 1 aromatic carbocycles. The Hall–Kier alpha value is -1.84. The lowest BCUT2D eigenvalue weighted by Crippen LogP contribution is -1.97. The van der Waals surface area contributed by atoms with E-state index in [1.807, 2.05) is 25.1 Å². The number of nitrogen functional groups attached to an aromatic ring is 1. The number of hydrogen-bond acceptors (Lipinski definition) is 4. The number of nitrogens with two attached hydrogens (primary N) is 1. The maximum Gasteiger partial charge on any atom is 0.260 e. The van der Waals surface area contributed by atoms with E-state index < -0.39 is 0 Å². The monoisotopic (exact) mass is 271 g/mol. The smallest absolute Gasteiger partial charge is 0.260 e. The second-order valence-corrected chi connectivity index (χ2v) is 5.83. The average molecular weight is 271 g/mol. The van der Waals surface area contributed by atoms with Crippen LogP contribution < -0.4 is 5.73 Å². The first-order valence-corrected chi connectivity index (χ1v) is 7.37. The van der Waals surface area contributed by atoms with Gasteiger partial charge in [-0.2, -0.15) is 4.98 Å². The van der Waals surface area contributed by atoms with Gasteiger partial charge in [0.2, 0.25) is 0 Å². The van der Waals surface area contributed by atoms with Crippen molar-refractivity contribution in [3.8, 4) is 11.5 Å². The fraction of sp³-hybridized carbons (Fsp3) is 0.500. The van der Waals surface area contributed by atoms with Gasteiger partial charge in [-0.15, -0.1) is 0 Å². The minimum absolute atomic E-state index is 0.448. The summed E-state index contributed by atoms with van der Waals surface area (Å²) in [6, 6.07) is 5.87. The standard InChI is InChI=1S/C16H21N3O/c1-3-11-5-6-12(9-11)15-18-16(20-19-15)13-8-10(2)4-7-14(13)17/h4,7-8,11-12H,3,5-6,9,17H2,1-2H3. The van der Waals surface area contributed by atoms with Crippen LogP contribution in [0.3, 0.4) is 0 Å². The Bertz CT molecular complexity index is 606. The van der Waals surface area contributed by atoms with Gasteiger partial charge in [0, 0.05) is 11.6 Å². The molecule has 1 heterocycles. The number of aryl methyl sites for hydroxylation is 1. The normalized spacial score (nSPS) is 22.3. The van der Waals surface area contributed by atoms with Crippen molar-refractivity contribution in [1.29, 1.82) is 0 Å². The highest BCUT2D eigenvalue weighted by Crippen LogP contribution is 2.39. The molecule has 0 spiro atoms. The molecule has 4 nitrogen and oxygen atoms in total. The first-order chi connectivity index (χ1) is 9.67. The minimum atomic E-state index is 0.448. The Morgan fingerprint density at radius 3 is 2.95 bits per heavy atom. The Morgan fingerprint density at radius 2 is 2.20 bits per heavy atom. The van der Waals surface area contributed by atoms with Gasteiger partial charge in [0.05, 0.1) is 5.56 Å². The lowest BCUT2D eigenvalue weighted by molar-refractivity contribution is 0.414. The van der Waals surface area contributed by atoms with E-state index in [2.05, 4.69) is 17.1 Å². The molecule has 1 saturated carbocycles. The predicted molar refractivity (Wildman–Crippen MR) is 79.3 cm³/mol.